The molecule has 0 spiro atoms. The molecule has 1 aliphatic carbocycles. The highest BCUT2D eigenvalue weighted by molar-refractivity contribution is 5.99. The summed E-state index contributed by atoms with van der Waals surface area (Å²) in [5, 5.41) is 14.4. The van der Waals surface area contributed by atoms with Crippen molar-refractivity contribution in [1.82, 2.24) is 10.2 Å². The fraction of sp³-hybridized carbons (Fsp3) is 0.143. The number of anilines is 1. The Hall–Kier alpha value is -3.14. The van der Waals surface area contributed by atoms with Crippen LogP contribution in [0.3, 0.4) is 0 Å². The first kappa shape index (κ1) is 14.2. The Morgan fingerprint density at radius 1 is 0.840 bits per heavy atom. The number of hydrogen-bond acceptors (Lipinski definition) is 4. The van der Waals surface area contributed by atoms with Crippen LogP contribution in [-0.2, 0) is 19.4 Å². The molecule has 1 aliphatic rings. The normalized spacial score (nSPS) is 12.6. The van der Waals surface area contributed by atoms with Gasteiger partial charge in [0.05, 0.1) is 6.54 Å². The van der Waals surface area contributed by atoms with Crippen LogP contribution in [0, 0.1) is 0 Å². The third-order valence-electron chi connectivity index (χ3n) is 4.79. The predicted octanol–water partition coefficient (Wildman–Crippen LogP) is 4.60. The molecular weight excluding hydrogens is 310 g/mol. The van der Waals surface area contributed by atoms with E-state index in [-0.39, 0.29) is 0 Å². The molecule has 0 fully saturated rings. The number of hydrogen-bond donors (Lipinski definition) is 1. The summed E-state index contributed by atoms with van der Waals surface area (Å²) in [4.78, 5) is 0. The summed E-state index contributed by atoms with van der Waals surface area (Å²) in [6.07, 6.45) is 2.28. The van der Waals surface area contributed by atoms with Gasteiger partial charge in [-0.2, -0.15) is 0 Å². The zero-order valence-electron chi connectivity index (χ0n) is 13.7. The van der Waals surface area contributed by atoms with E-state index in [9.17, 15) is 0 Å². The topological polar surface area (TPSA) is 51.0 Å². The SMILES string of the molecule is c1ccc(-c2nnc(CNc3ccc4c5c(cccc35)CC4)o2)cc1. The monoisotopic (exact) mass is 327 g/mol. The van der Waals surface area contributed by atoms with E-state index >= 15 is 0 Å². The summed E-state index contributed by atoms with van der Waals surface area (Å²) in [5.41, 5.74) is 4.94. The number of aryl methyl sites for hydroxylation is 2. The lowest BCUT2D eigenvalue weighted by Gasteiger charge is -2.10. The molecule has 122 valence electrons. The molecule has 25 heavy (non-hydrogen) atoms. The molecule has 1 heterocycles. The summed E-state index contributed by atoms with van der Waals surface area (Å²) >= 11 is 0. The third kappa shape index (κ3) is 2.47. The van der Waals surface area contributed by atoms with Gasteiger partial charge in [0.25, 0.3) is 0 Å². The molecule has 5 rings (SSSR count). The second-order valence-corrected chi connectivity index (χ2v) is 6.33. The number of benzene rings is 3. The quantitative estimate of drug-likeness (QED) is 0.595. The van der Waals surface area contributed by atoms with Crippen molar-refractivity contribution in [3.05, 3.63) is 77.7 Å². The molecule has 0 saturated carbocycles. The van der Waals surface area contributed by atoms with Crippen LogP contribution >= 0.6 is 0 Å². The molecule has 0 aliphatic heterocycles. The lowest BCUT2D eigenvalue weighted by Crippen LogP contribution is -2.00. The number of nitrogens with one attached hydrogen (secondary N) is 1. The third-order valence-corrected chi connectivity index (χ3v) is 4.79. The highest BCUT2D eigenvalue weighted by Crippen LogP contribution is 2.35. The molecular formula is C21H17N3O. The molecule has 0 radical (unpaired) electrons. The van der Waals surface area contributed by atoms with Gasteiger partial charge in [0, 0.05) is 16.6 Å². The molecule has 0 amide bonds. The Kier molecular flexibility index (Phi) is 3.27. The van der Waals surface area contributed by atoms with Crippen LogP contribution in [-0.4, -0.2) is 10.2 Å². The van der Waals surface area contributed by atoms with Crippen LogP contribution in [0.5, 0.6) is 0 Å². The first-order chi connectivity index (χ1) is 12.4. The van der Waals surface area contributed by atoms with Crippen molar-refractivity contribution < 1.29 is 4.42 Å². The van der Waals surface area contributed by atoms with Crippen molar-refractivity contribution in [2.24, 2.45) is 0 Å². The molecule has 1 N–H and O–H groups in total. The average molecular weight is 327 g/mol. The van der Waals surface area contributed by atoms with E-state index in [1.165, 1.54) is 21.9 Å². The maximum atomic E-state index is 5.78. The summed E-state index contributed by atoms with van der Waals surface area (Å²) < 4.78 is 5.78. The van der Waals surface area contributed by atoms with Gasteiger partial charge < -0.3 is 9.73 Å². The fourth-order valence-electron chi connectivity index (χ4n) is 3.59. The molecule has 4 aromatic rings. The van der Waals surface area contributed by atoms with E-state index in [1.807, 2.05) is 30.3 Å². The van der Waals surface area contributed by atoms with E-state index in [2.05, 4.69) is 45.8 Å². The van der Waals surface area contributed by atoms with E-state index in [1.54, 1.807) is 0 Å². The molecule has 0 saturated heterocycles. The van der Waals surface area contributed by atoms with E-state index in [4.69, 9.17) is 4.42 Å². The minimum absolute atomic E-state index is 0.512. The molecule has 3 aromatic carbocycles. The van der Waals surface area contributed by atoms with Gasteiger partial charge in [-0.25, -0.2) is 0 Å². The van der Waals surface area contributed by atoms with E-state index in [0.717, 1.165) is 24.1 Å². The van der Waals surface area contributed by atoms with Crippen LogP contribution in [0.1, 0.15) is 17.0 Å². The minimum Gasteiger partial charge on any atom is -0.419 e. The number of aromatic nitrogens is 2. The number of nitrogens with zero attached hydrogens (tertiary/aromatic N) is 2. The fourth-order valence-corrected chi connectivity index (χ4v) is 3.59. The van der Waals surface area contributed by atoms with Gasteiger partial charge in [-0.15, -0.1) is 10.2 Å². The van der Waals surface area contributed by atoms with Gasteiger partial charge in [-0.3, -0.25) is 0 Å². The molecule has 4 nitrogen and oxygen atoms in total. The minimum atomic E-state index is 0.512. The smallest absolute Gasteiger partial charge is 0.247 e. The predicted molar refractivity (Wildman–Crippen MR) is 98.4 cm³/mol. The van der Waals surface area contributed by atoms with Crippen molar-refractivity contribution in [3.63, 3.8) is 0 Å². The van der Waals surface area contributed by atoms with Gasteiger partial charge in [0.15, 0.2) is 0 Å². The van der Waals surface area contributed by atoms with Crippen molar-refractivity contribution in [1.29, 1.82) is 0 Å². The highest BCUT2D eigenvalue weighted by Gasteiger charge is 2.16. The summed E-state index contributed by atoms with van der Waals surface area (Å²) in [7, 11) is 0. The average Bonchev–Trinajstić information content (AvgIpc) is 3.31. The summed E-state index contributed by atoms with van der Waals surface area (Å²) in [6, 6.07) is 20.8. The van der Waals surface area contributed by atoms with Crippen molar-refractivity contribution in [3.8, 4) is 11.5 Å². The van der Waals surface area contributed by atoms with Crippen LogP contribution in [0.2, 0.25) is 0 Å². The van der Waals surface area contributed by atoms with Crippen LogP contribution in [0.25, 0.3) is 22.2 Å². The van der Waals surface area contributed by atoms with Gasteiger partial charge in [-0.05, 0) is 47.6 Å². The van der Waals surface area contributed by atoms with Crippen LogP contribution < -0.4 is 5.32 Å². The van der Waals surface area contributed by atoms with Crippen LogP contribution in [0.15, 0.2) is 65.1 Å². The first-order valence-electron chi connectivity index (χ1n) is 8.54. The maximum Gasteiger partial charge on any atom is 0.247 e. The zero-order valence-corrected chi connectivity index (χ0v) is 13.7. The number of rotatable bonds is 4. The Balaban J connectivity index is 1.41. The summed E-state index contributed by atoms with van der Waals surface area (Å²) in [6.45, 7) is 0.512. The van der Waals surface area contributed by atoms with Crippen molar-refractivity contribution >= 4 is 16.5 Å². The van der Waals surface area contributed by atoms with Gasteiger partial charge in [0.2, 0.25) is 11.8 Å². The standard InChI is InChI=1S/C21H17N3O/c1-2-5-16(6-3-1)21-24-23-19(25-21)13-22-18-12-11-15-10-9-14-7-4-8-17(18)20(14)15/h1-8,11-12,22H,9-10,13H2. The molecule has 1 aromatic heterocycles. The Bertz CT molecular complexity index is 1040. The highest BCUT2D eigenvalue weighted by atomic mass is 16.4. The van der Waals surface area contributed by atoms with Crippen molar-refractivity contribution in [2.45, 2.75) is 19.4 Å². The Labute approximate surface area is 145 Å². The zero-order chi connectivity index (χ0) is 16.6. The van der Waals surface area contributed by atoms with Gasteiger partial charge >= 0.3 is 0 Å². The second kappa shape index (κ2) is 5.74. The van der Waals surface area contributed by atoms with Gasteiger partial charge in [0.1, 0.15) is 0 Å². The van der Waals surface area contributed by atoms with Crippen LogP contribution in [0.4, 0.5) is 5.69 Å². The van der Waals surface area contributed by atoms with E-state index in [0.29, 0.717) is 18.3 Å². The lowest BCUT2D eigenvalue weighted by molar-refractivity contribution is 0.515. The largest absolute Gasteiger partial charge is 0.419 e. The Morgan fingerprint density at radius 2 is 1.68 bits per heavy atom. The molecule has 0 unspecified atom stereocenters. The lowest BCUT2D eigenvalue weighted by atomic mass is 10.0. The molecule has 4 heteroatoms. The van der Waals surface area contributed by atoms with Gasteiger partial charge in [-0.1, -0.05) is 42.5 Å². The molecule has 0 atom stereocenters. The molecule has 0 bridgehead atoms. The van der Waals surface area contributed by atoms with E-state index < -0.39 is 0 Å². The maximum absolute atomic E-state index is 5.78. The first-order valence-corrected chi connectivity index (χ1v) is 8.54. The Morgan fingerprint density at radius 3 is 2.56 bits per heavy atom. The second-order valence-electron chi connectivity index (χ2n) is 6.33. The summed E-state index contributed by atoms with van der Waals surface area (Å²) in [5.74, 6) is 1.14. The van der Waals surface area contributed by atoms with Crippen molar-refractivity contribution in [2.75, 3.05) is 5.32 Å².